The number of pyridine rings is 1. The normalized spacial score (nSPS) is 18.9. The van der Waals surface area contributed by atoms with Gasteiger partial charge in [-0.05, 0) is 74.0 Å². The molecule has 1 aliphatic heterocycles. The van der Waals surface area contributed by atoms with Gasteiger partial charge in [0.1, 0.15) is 5.75 Å². The molecule has 3 aromatic rings. The molecule has 1 N–H and O–H groups in total. The number of ketones is 1. The molecule has 1 saturated carbocycles. The molecule has 2 heterocycles. The minimum absolute atomic E-state index is 0.116. The lowest BCUT2D eigenvalue weighted by atomic mass is 10.1. The zero-order valence-electron chi connectivity index (χ0n) is 19.0. The summed E-state index contributed by atoms with van der Waals surface area (Å²) in [4.78, 5) is 18.7. The number of Topliss-reactive ketones (excluding diaryl/α,β-unsaturated/α-hetero) is 1. The van der Waals surface area contributed by atoms with E-state index in [0.29, 0.717) is 18.5 Å². The van der Waals surface area contributed by atoms with Crippen molar-refractivity contribution in [1.82, 2.24) is 14.6 Å². The van der Waals surface area contributed by atoms with E-state index in [-0.39, 0.29) is 22.6 Å². The second-order valence-corrected chi connectivity index (χ2v) is 10.8. The van der Waals surface area contributed by atoms with Crippen LogP contribution < -0.4 is 9.46 Å². The van der Waals surface area contributed by atoms with Gasteiger partial charge in [-0.25, -0.2) is 13.1 Å². The Balaban J connectivity index is 1.08. The van der Waals surface area contributed by atoms with Gasteiger partial charge >= 0.3 is 0 Å². The van der Waals surface area contributed by atoms with Crippen molar-refractivity contribution >= 4 is 26.6 Å². The number of sulfonamides is 1. The van der Waals surface area contributed by atoms with Gasteiger partial charge < -0.3 is 9.64 Å². The molecule has 2 aromatic carbocycles. The number of benzene rings is 2. The lowest BCUT2D eigenvalue weighted by Crippen LogP contribution is -2.37. The van der Waals surface area contributed by atoms with Gasteiger partial charge in [0.2, 0.25) is 10.0 Å². The topological polar surface area (TPSA) is 88.6 Å². The molecule has 2 aliphatic rings. The summed E-state index contributed by atoms with van der Waals surface area (Å²) in [5.74, 6) is 1.23. The van der Waals surface area contributed by atoms with E-state index in [2.05, 4.69) is 14.6 Å². The van der Waals surface area contributed by atoms with E-state index in [1.807, 2.05) is 36.4 Å². The summed E-state index contributed by atoms with van der Waals surface area (Å²) >= 11 is 0. The van der Waals surface area contributed by atoms with Gasteiger partial charge in [-0.15, -0.1) is 0 Å². The van der Waals surface area contributed by atoms with Crippen molar-refractivity contribution in [2.24, 2.45) is 5.92 Å². The summed E-state index contributed by atoms with van der Waals surface area (Å²) in [7, 11) is -3.63. The number of likely N-dealkylation sites (tertiary alicyclic amines) is 1. The van der Waals surface area contributed by atoms with Gasteiger partial charge in [-0.1, -0.05) is 12.1 Å². The number of aromatic nitrogens is 1. The number of hydrogen-bond acceptors (Lipinski definition) is 6. The Kier molecular flexibility index (Phi) is 6.63. The molecule has 0 amide bonds. The van der Waals surface area contributed by atoms with Gasteiger partial charge in [0.25, 0.3) is 0 Å². The van der Waals surface area contributed by atoms with Crippen molar-refractivity contribution < 1.29 is 17.9 Å². The average molecular weight is 480 g/mol. The summed E-state index contributed by atoms with van der Waals surface area (Å²) in [6.07, 6.45) is 6.91. The van der Waals surface area contributed by atoms with Gasteiger partial charge in [-0.2, -0.15) is 0 Å². The second-order valence-electron chi connectivity index (χ2n) is 9.13. The lowest BCUT2D eigenvalue weighted by molar-refractivity contribution is 0.0967. The van der Waals surface area contributed by atoms with Crippen LogP contribution in [0.1, 0.15) is 36.0 Å². The summed E-state index contributed by atoms with van der Waals surface area (Å²) in [5, 5.41) is 1.49. The van der Waals surface area contributed by atoms with Crippen molar-refractivity contribution in [1.29, 1.82) is 0 Å². The van der Waals surface area contributed by atoms with Crippen LogP contribution in [0.5, 0.6) is 5.75 Å². The number of carbonyl (C=O) groups excluding carboxylic acids is 1. The van der Waals surface area contributed by atoms with Crippen LogP contribution in [0, 0.1) is 5.92 Å². The molecule has 7 nitrogen and oxygen atoms in total. The Morgan fingerprint density at radius 1 is 1.09 bits per heavy atom. The molecule has 0 spiro atoms. The Morgan fingerprint density at radius 2 is 1.91 bits per heavy atom. The molecular formula is C26H29N3O4S. The van der Waals surface area contributed by atoms with E-state index in [1.165, 1.54) is 0 Å². The van der Waals surface area contributed by atoms with Gasteiger partial charge in [0.15, 0.2) is 5.78 Å². The van der Waals surface area contributed by atoms with E-state index in [0.717, 1.165) is 55.5 Å². The van der Waals surface area contributed by atoms with Crippen LogP contribution in [-0.4, -0.2) is 56.4 Å². The summed E-state index contributed by atoms with van der Waals surface area (Å²) in [5.41, 5.74) is 0.764. The molecule has 1 aliphatic carbocycles. The fourth-order valence-corrected chi connectivity index (χ4v) is 5.99. The lowest BCUT2D eigenvalue weighted by Gasteiger charge is -2.17. The number of nitrogens with zero attached hydrogens (tertiary/aromatic N) is 2. The van der Waals surface area contributed by atoms with Crippen molar-refractivity contribution in [3.63, 3.8) is 0 Å². The van der Waals surface area contributed by atoms with Gasteiger partial charge in [0.05, 0.1) is 11.5 Å². The predicted molar refractivity (Wildman–Crippen MR) is 131 cm³/mol. The standard InChI is InChI=1S/C26H29N3O4S/c30-26(20-5-6-20)21-7-9-23(10-8-21)33-16-2-14-29-15-12-22(18-29)28-34(31,32)25-4-1-3-19-11-13-27-17-24(19)25/h1,3-4,7-11,13,17,20,22,28H,2,5-6,12,14-16,18H2/t22-/m1/s1. The highest BCUT2D eigenvalue weighted by atomic mass is 32.2. The Bertz CT molecular complexity index is 1270. The van der Waals surface area contributed by atoms with Crippen LogP contribution in [0.3, 0.4) is 0 Å². The largest absolute Gasteiger partial charge is 0.494 e. The quantitative estimate of drug-likeness (QED) is 0.353. The highest BCUT2D eigenvalue weighted by molar-refractivity contribution is 7.89. The number of rotatable bonds is 10. The first-order chi connectivity index (χ1) is 16.5. The number of carbonyl (C=O) groups is 1. The van der Waals surface area contributed by atoms with Crippen molar-refractivity contribution in [3.05, 3.63) is 66.5 Å². The monoisotopic (exact) mass is 479 g/mol. The summed E-state index contributed by atoms with van der Waals surface area (Å²) < 4.78 is 34.8. The fourth-order valence-electron chi connectivity index (χ4n) is 4.51. The van der Waals surface area contributed by atoms with E-state index < -0.39 is 10.0 Å². The number of fused-ring (bicyclic) bond motifs is 1. The maximum Gasteiger partial charge on any atom is 0.241 e. The minimum atomic E-state index is -3.63. The third-order valence-corrected chi connectivity index (χ3v) is 8.08. The van der Waals surface area contributed by atoms with Crippen LogP contribution in [0.4, 0.5) is 0 Å². The molecule has 0 radical (unpaired) electrons. The first kappa shape index (κ1) is 23.0. The molecule has 2 fully saturated rings. The molecule has 0 bridgehead atoms. The fraction of sp³-hybridized carbons (Fsp3) is 0.385. The molecule has 0 unspecified atom stereocenters. The van der Waals surface area contributed by atoms with Crippen molar-refractivity contribution in [2.75, 3.05) is 26.2 Å². The number of ether oxygens (including phenoxy) is 1. The number of nitrogens with one attached hydrogen (secondary N) is 1. The maximum absolute atomic E-state index is 13.0. The van der Waals surface area contributed by atoms with Crippen LogP contribution in [-0.2, 0) is 10.0 Å². The third kappa shape index (κ3) is 5.29. The SMILES string of the molecule is O=C(c1ccc(OCCCN2CC[C@@H](NS(=O)(=O)c3cccc4ccncc34)C2)cc1)C1CC1. The average Bonchev–Trinajstić information content (AvgIpc) is 3.61. The van der Waals surface area contributed by atoms with Crippen LogP contribution in [0.25, 0.3) is 10.8 Å². The third-order valence-electron chi connectivity index (χ3n) is 6.50. The van der Waals surface area contributed by atoms with Crippen molar-refractivity contribution in [2.45, 2.75) is 36.6 Å². The van der Waals surface area contributed by atoms with E-state index >= 15 is 0 Å². The van der Waals surface area contributed by atoms with Crippen LogP contribution >= 0.6 is 0 Å². The minimum Gasteiger partial charge on any atom is -0.494 e. The Labute approximate surface area is 200 Å². The van der Waals surface area contributed by atoms with E-state index in [4.69, 9.17) is 4.74 Å². The summed E-state index contributed by atoms with van der Waals surface area (Å²) in [6, 6.07) is 14.4. The van der Waals surface area contributed by atoms with E-state index in [9.17, 15) is 13.2 Å². The van der Waals surface area contributed by atoms with Gasteiger partial charge in [0, 0.05) is 48.4 Å². The predicted octanol–water partition coefficient (Wildman–Crippen LogP) is 3.65. The Morgan fingerprint density at radius 3 is 2.71 bits per heavy atom. The van der Waals surface area contributed by atoms with Crippen LogP contribution in [0.15, 0.2) is 65.8 Å². The van der Waals surface area contributed by atoms with Crippen LogP contribution in [0.2, 0.25) is 0 Å². The molecule has 34 heavy (non-hydrogen) atoms. The first-order valence-electron chi connectivity index (χ1n) is 11.8. The maximum atomic E-state index is 13.0. The van der Waals surface area contributed by atoms with Gasteiger partial charge in [-0.3, -0.25) is 9.78 Å². The Hall–Kier alpha value is -2.81. The molecule has 5 rings (SSSR count). The molecule has 8 heteroatoms. The molecule has 1 aromatic heterocycles. The van der Waals surface area contributed by atoms with E-state index in [1.54, 1.807) is 24.5 Å². The zero-order chi connectivity index (χ0) is 23.5. The summed E-state index contributed by atoms with van der Waals surface area (Å²) in [6.45, 7) is 2.95. The highest BCUT2D eigenvalue weighted by Crippen LogP contribution is 2.33. The smallest absolute Gasteiger partial charge is 0.241 e. The molecule has 1 atom stereocenters. The molecule has 178 valence electrons. The number of hydrogen-bond donors (Lipinski definition) is 1. The molecular weight excluding hydrogens is 450 g/mol. The zero-order valence-corrected chi connectivity index (χ0v) is 19.8. The second kappa shape index (κ2) is 9.82. The highest BCUT2D eigenvalue weighted by Gasteiger charge is 2.30. The first-order valence-corrected chi connectivity index (χ1v) is 13.3. The molecule has 1 saturated heterocycles. The van der Waals surface area contributed by atoms with Crippen molar-refractivity contribution in [3.8, 4) is 5.75 Å².